The molecule has 0 fully saturated rings. The molecule has 0 atom stereocenters. The molecule has 32 heavy (non-hydrogen) atoms. The molecule has 3 aromatic carbocycles. The molecule has 0 unspecified atom stereocenters. The second-order valence-corrected chi connectivity index (χ2v) is 8.17. The number of hydrogen-bond acceptors (Lipinski definition) is 4. The van der Waals surface area contributed by atoms with Gasteiger partial charge < -0.3 is 8.83 Å². The van der Waals surface area contributed by atoms with E-state index < -0.39 is 11.3 Å². The Hall–Kier alpha value is -3.60. The van der Waals surface area contributed by atoms with Crippen LogP contribution in [-0.4, -0.2) is 0 Å². The highest BCUT2D eigenvalue weighted by atomic mass is 35.5. The molecule has 2 heterocycles. The first kappa shape index (κ1) is 20.3. The Labute approximate surface area is 191 Å². The SMILES string of the molecule is O=c1oc2cc3c/c(=C\c4ccc(Cl)cc4)c(=O)oc3cc2c/c1=C/c1ccc(Cl)cc1. The summed E-state index contributed by atoms with van der Waals surface area (Å²) < 4.78 is 11.1. The highest BCUT2D eigenvalue weighted by molar-refractivity contribution is 6.30. The smallest absolute Gasteiger partial charge is 0.343 e. The normalized spacial score (nSPS) is 12.7. The van der Waals surface area contributed by atoms with Crippen molar-refractivity contribution in [2.45, 2.75) is 0 Å². The van der Waals surface area contributed by atoms with Crippen molar-refractivity contribution in [2.24, 2.45) is 0 Å². The summed E-state index contributed by atoms with van der Waals surface area (Å²) in [5.74, 6) is 0. The first-order valence-corrected chi connectivity index (χ1v) is 10.5. The first-order chi connectivity index (χ1) is 15.4. The Morgan fingerprint density at radius 1 is 0.562 bits per heavy atom. The zero-order chi connectivity index (χ0) is 22.2. The topological polar surface area (TPSA) is 60.4 Å². The Bertz CT molecular complexity index is 1580. The van der Waals surface area contributed by atoms with Gasteiger partial charge in [-0.1, -0.05) is 47.5 Å². The fourth-order valence-electron chi connectivity index (χ4n) is 3.44. The molecule has 4 nitrogen and oxygen atoms in total. The second kappa shape index (κ2) is 8.15. The molecule has 156 valence electrons. The lowest BCUT2D eigenvalue weighted by Crippen LogP contribution is -2.24. The quantitative estimate of drug-likeness (QED) is 0.278. The van der Waals surface area contributed by atoms with Crippen LogP contribution in [0.4, 0.5) is 0 Å². The number of hydrogen-bond donors (Lipinski definition) is 0. The maximum absolute atomic E-state index is 12.5. The molecule has 5 aromatic rings. The summed E-state index contributed by atoms with van der Waals surface area (Å²) in [7, 11) is 0. The minimum absolute atomic E-state index is 0.384. The molecule has 0 aliphatic rings. The third-order valence-electron chi connectivity index (χ3n) is 5.03. The Kier molecular flexibility index (Phi) is 5.17. The van der Waals surface area contributed by atoms with E-state index in [4.69, 9.17) is 32.0 Å². The third kappa shape index (κ3) is 4.11. The van der Waals surface area contributed by atoms with Crippen LogP contribution in [0.25, 0.3) is 34.1 Å². The molecule has 0 aliphatic carbocycles. The monoisotopic (exact) mass is 460 g/mol. The van der Waals surface area contributed by atoms with Gasteiger partial charge >= 0.3 is 11.3 Å². The van der Waals surface area contributed by atoms with Gasteiger partial charge in [0.15, 0.2) is 0 Å². The largest absolute Gasteiger partial charge is 0.422 e. The van der Waals surface area contributed by atoms with Gasteiger partial charge in [-0.2, -0.15) is 0 Å². The van der Waals surface area contributed by atoms with Crippen molar-refractivity contribution in [3.8, 4) is 0 Å². The van der Waals surface area contributed by atoms with Gasteiger partial charge in [-0.3, -0.25) is 0 Å². The fourth-order valence-corrected chi connectivity index (χ4v) is 3.69. The minimum Gasteiger partial charge on any atom is -0.422 e. The summed E-state index contributed by atoms with van der Waals surface area (Å²) in [6.07, 6.45) is 3.43. The summed E-state index contributed by atoms with van der Waals surface area (Å²) in [4.78, 5) is 25.0. The van der Waals surface area contributed by atoms with Gasteiger partial charge in [-0.25, -0.2) is 9.59 Å². The Morgan fingerprint density at radius 2 is 0.938 bits per heavy atom. The highest BCUT2D eigenvalue weighted by Gasteiger charge is 2.06. The van der Waals surface area contributed by atoms with Gasteiger partial charge in [0, 0.05) is 20.8 Å². The molecule has 2 aromatic heterocycles. The van der Waals surface area contributed by atoms with Crippen molar-refractivity contribution in [3.05, 3.63) is 125 Å². The lowest BCUT2D eigenvalue weighted by Gasteiger charge is -2.01. The van der Waals surface area contributed by atoms with Gasteiger partial charge in [-0.15, -0.1) is 0 Å². The van der Waals surface area contributed by atoms with Gasteiger partial charge in [0.25, 0.3) is 0 Å². The van der Waals surface area contributed by atoms with Gasteiger partial charge in [0.05, 0.1) is 10.4 Å². The van der Waals surface area contributed by atoms with Crippen LogP contribution in [0, 0.1) is 0 Å². The lowest BCUT2D eigenvalue weighted by molar-refractivity contribution is 0.548. The van der Waals surface area contributed by atoms with Crippen molar-refractivity contribution in [1.29, 1.82) is 0 Å². The molecule has 6 heteroatoms. The summed E-state index contributed by atoms with van der Waals surface area (Å²) in [6, 6.07) is 21.0. The molecular formula is C26H14Cl2O4. The van der Waals surface area contributed by atoms with Crippen molar-refractivity contribution in [2.75, 3.05) is 0 Å². The van der Waals surface area contributed by atoms with Gasteiger partial charge in [-0.05, 0) is 71.8 Å². The van der Waals surface area contributed by atoms with Crippen LogP contribution in [0.5, 0.6) is 0 Å². The second-order valence-electron chi connectivity index (χ2n) is 7.30. The Morgan fingerprint density at radius 3 is 1.31 bits per heavy atom. The van der Waals surface area contributed by atoms with Crippen LogP contribution in [0.3, 0.4) is 0 Å². The summed E-state index contributed by atoms with van der Waals surface area (Å²) in [5.41, 5.74) is 1.52. The molecule has 0 amide bonds. The van der Waals surface area contributed by atoms with Crippen LogP contribution in [0.15, 0.2) is 91.2 Å². The van der Waals surface area contributed by atoms with Crippen LogP contribution in [-0.2, 0) is 0 Å². The first-order valence-electron chi connectivity index (χ1n) is 9.71. The number of fused-ring (bicyclic) bond motifs is 2. The van der Waals surface area contributed by atoms with Gasteiger partial charge in [0.1, 0.15) is 11.2 Å². The standard InChI is InChI=1S/C26H14Cl2O4/c27-21-5-1-15(2-6-21)9-19-11-17-13-24-18(14-23(17)31-25(19)29)12-20(26(30)32-24)10-16-3-7-22(28)8-4-16/h1-14H/b19-9-,20-10+. The number of halogens is 2. The van der Waals surface area contributed by atoms with Gasteiger partial charge in [0.2, 0.25) is 0 Å². The van der Waals surface area contributed by atoms with E-state index in [9.17, 15) is 9.59 Å². The molecular weight excluding hydrogens is 447 g/mol. The van der Waals surface area contributed by atoms with Crippen LogP contribution in [0.1, 0.15) is 11.1 Å². The van der Waals surface area contributed by atoms with E-state index in [0.29, 0.717) is 42.4 Å². The Balaban J connectivity index is 1.67. The summed E-state index contributed by atoms with van der Waals surface area (Å²) >= 11 is 11.8. The van der Waals surface area contributed by atoms with E-state index in [1.165, 1.54) is 0 Å². The van der Waals surface area contributed by atoms with Crippen molar-refractivity contribution in [3.63, 3.8) is 0 Å². The van der Waals surface area contributed by atoms with E-state index >= 15 is 0 Å². The van der Waals surface area contributed by atoms with Crippen LogP contribution in [0.2, 0.25) is 10.0 Å². The van der Waals surface area contributed by atoms with Crippen molar-refractivity contribution < 1.29 is 8.83 Å². The summed E-state index contributed by atoms with van der Waals surface area (Å²) in [6.45, 7) is 0. The summed E-state index contributed by atoms with van der Waals surface area (Å²) in [5, 5.41) is 3.29. The average molecular weight is 461 g/mol. The fraction of sp³-hybridized carbons (Fsp3) is 0. The van der Waals surface area contributed by atoms with E-state index in [-0.39, 0.29) is 0 Å². The molecule has 0 saturated heterocycles. The van der Waals surface area contributed by atoms with E-state index in [1.807, 2.05) is 24.3 Å². The molecule has 0 saturated carbocycles. The lowest BCUT2D eigenvalue weighted by atomic mass is 10.1. The predicted molar refractivity (Wildman–Crippen MR) is 128 cm³/mol. The van der Waals surface area contributed by atoms with Crippen LogP contribution < -0.4 is 21.7 Å². The maximum Gasteiger partial charge on any atom is 0.343 e. The molecule has 0 spiro atoms. The van der Waals surface area contributed by atoms with Crippen molar-refractivity contribution >= 4 is 57.3 Å². The average Bonchev–Trinajstić information content (AvgIpc) is 2.77. The molecule has 0 N–H and O–H groups in total. The molecule has 0 aliphatic heterocycles. The van der Waals surface area contributed by atoms with Crippen molar-refractivity contribution in [1.82, 2.24) is 0 Å². The van der Waals surface area contributed by atoms with E-state index in [1.54, 1.807) is 60.7 Å². The van der Waals surface area contributed by atoms with E-state index in [0.717, 1.165) is 11.1 Å². The highest BCUT2D eigenvalue weighted by Crippen LogP contribution is 2.19. The zero-order valence-electron chi connectivity index (χ0n) is 16.5. The minimum atomic E-state index is -0.461. The van der Waals surface area contributed by atoms with Crippen LogP contribution >= 0.6 is 23.2 Å². The maximum atomic E-state index is 12.5. The van der Waals surface area contributed by atoms with E-state index in [2.05, 4.69) is 0 Å². The number of benzene rings is 3. The number of rotatable bonds is 2. The predicted octanol–water partition coefficient (Wildman–Crippen LogP) is 4.86. The third-order valence-corrected chi connectivity index (χ3v) is 5.53. The molecule has 5 rings (SSSR count). The zero-order valence-corrected chi connectivity index (χ0v) is 18.0. The molecule has 0 bridgehead atoms. The molecule has 0 radical (unpaired) electrons.